The Hall–Kier alpha value is -3.21. The molecule has 8 N–H and O–H groups in total. The number of hydrogen-bond acceptors (Lipinski definition) is 9. The quantitative estimate of drug-likeness (QED) is 0.216. The highest BCUT2D eigenvalue weighted by atomic mass is 16.3. The van der Waals surface area contributed by atoms with E-state index in [9.17, 15) is 34.8 Å². The van der Waals surface area contributed by atoms with E-state index in [0.717, 1.165) is 12.1 Å². The van der Waals surface area contributed by atoms with Crippen molar-refractivity contribution in [3.8, 4) is 5.75 Å². The molecule has 1 saturated carbocycles. The number of ketones is 2. The smallest absolute Gasteiger partial charge is 0.255 e. The third kappa shape index (κ3) is 5.91. The molecule has 4 rings (SSSR count). The van der Waals surface area contributed by atoms with Crippen LogP contribution in [0.25, 0.3) is 5.76 Å². The lowest BCUT2D eigenvalue weighted by Crippen LogP contribution is -2.62. The molecule has 242 valence electrons. The second kappa shape index (κ2) is 11.6. The maximum absolute atomic E-state index is 14.2. The first-order valence-electron chi connectivity index (χ1n) is 15.5. The van der Waals surface area contributed by atoms with Crippen LogP contribution in [0.15, 0.2) is 23.0 Å². The number of primary amides is 1. The molecule has 0 radical (unpaired) electrons. The Kier molecular flexibility index (Phi) is 8.89. The first kappa shape index (κ1) is 33.7. The number of hydrogen-bond donors (Lipinski definition) is 7. The van der Waals surface area contributed by atoms with Crippen molar-refractivity contribution in [3.63, 3.8) is 0 Å². The minimum atomic E-state index is -2.62. The third-order valence-corrected chi connectivity index (χ3v) is 9.08. The van der Waals surface area contributed by atoms with E-state index >= 15 is 0 Å². The molecule has 0 bridgehead atoms. The fourth-order valence-electron chi connectivity index (χ4n) is 7.13. The number of fused-ring (bicyclic) bond motifs is 3. The SMILES string of the molecule is CC(C)[C@@H]1C(=O)C(C(N)=O)=C(O)[C@@]2(O)C(=O)C3=C(O)c4c(O)c(CNCC(C)(C)C)cc(CNCC(C)(C)C)c4C[C@H]3C[C@@H]12. The Morgan fingerprint density at radius 3 is 2.05 bits per heavy atom. The second-order valence-corrected chi connectivity index (χ2v) is 15.5. The Bertz CT molecular complexity index is 1440. The van der Waals surface area contributed by atoms with E-state index in [1.54, 1.807) is 13.8 Å². The zero-order chi connectivity index (χ0) is 33.1. The van der Waals surface area contributed by atoms with Gasteiger partial charge in [-0.3, -0.25) is 14.4 Å². The predicted molar refractivity (Wildman–Crippen MR) is 167 cm³/mol. The average Bonchev–Trinajstić information content (AvgIpc) is 2.86. The van der Waals surface area contributed by atoms with Crippen molar-refractivity contribution in [3.05, 3.63) is 45.2 Å². The Labute approximate surface area is 259 Å². The van der Waals surface area contributed by atoms with Crippen molar-refractivity contribution in [2.75, 3.05) is 13.1 Å². The van der Waals surface area contributed by atoms with Crippen LogP contribution in [0.4, 0.5) is 0 Å². The summed E-state index contributed by atoms with van der Waals surface area (Å²) in [6.45, 7) is 18.3. The molecular formula is C34H49N3O7. The summed E-state index contributed by atoms with van der Waals surface area (Å²) >= 11 is 0. The van der Waals surface area contributed by atoms with Crippen LogP contribution in [0.3, 0.4) is 0 Å². The van der Waals surface area contributed by atoms with Gasteiger partial charge in [0.25, 0.3) is 5.91 Å². The maximum atomic E-state index is 14.2. The molecule has 44 heavy (non-hydrogen) atoms. The van der Waals surface area contributed by atoms with E-state index in [-0.39, 0.29) is 46.5 Å². The average molecular weight is 612 g/mol. The van der Waals surface area contributed by atoms with Gasteiger partial charge in [-0.1, -0.05) is 55.4 Å². The third-order valence-electron chi connectivity index (χ3n) is 9.08. The number of aliphatic hydroxyl groups excluding tert-OH is 2. The molecule has 4 atom stereocenters. The first-order valence-corrected chi connectivity index (χ1v) is 15.5. The molecule has 1 aromatic carbocycles. The lowest BCUT2D eigenvalue weighted by atomic mass is 9.54. The molecule has 0 heterocycles. The summed E-state index contributed by atoms with van der Waals surface area (Å²) in [7, 11) is 0. The summed E-state index contributed by atoms with van der Waals surface area (Å²) in [5.74, 6) is -7.58. The van der Waals surface area contributed by atoms with Gasteiger partial charge in [0.1, 0.15) is 22.8 Å². The largest absolute Gasteiger partial charge is 0.508 e. The van der Waals surface area contributed by atoms with Crippen molar-refractivity contribution >= 4 is 23.2 Å². The number of nitrogens with one attached hydrogen (secondary N) is 2. The lowest BCUT2D eigenvalue weighted by molar-refractivity contribution is -0.155. The van der Waals surface area contributed by atoms with Gasteiger partial charge in [-0.05, 0) is 52.7 Å². The monoisotopic (exact) mass is 611 g/mol. The highest BCUT2D eigenvalue weighted by molar-refractivity contribution is 6.23. The van der Waals surface area contributed by atoms with E-state index in [2.05, 4.69) is 52.2 Å². The summed E-state index contributed by atoms with van der Waals surface area (Å²) < 4.78 is 0. The number of nitrogens with two attached hydrogens (primary N) is 1. The van der Waals surface area contributed by atoms with Crippen LogP contribution < -0.4 is 16.4 Å². The van der Waals surface area contributed by atoms with Gasteiger partial charge in [-0.25, -0.2) is 0 Å². The molecule has 0 unspecified atom stereocenters. The van der Waals surface area contributed by atoms with Crippen LogP contribution >= 0.6 is 0 Å². The summed E-state index contributed by atoms with van der Waals surface area (Å²) in [4.78, 5) is 39.8. The number of aromatic hydroxyl groups is 1. The number of Topliss-reactive ketones (excluding diaryl/α,β-unsaturated/α-hetero) is 2. The van der Waals surface area contributed by atoms with Gasteiger partial charge in [0.2, 0.25) is 5.78 Å². The molecule has 0 aromatic heterocycles. The fraction of sp³-hybridized carbons (Fsp3) is 0.618. The van der Waals surface area contributed by atoms with Crippen LogP contribution in [0, 0.1) is 34.5 Å². The second-order valence-electron chi connectivity index (χ2n) is 15.5. The number of benzene rings is 1. The van der Waals surface area contributed by atoms with Crippen molar-refractivity contribution in [2.24, 2.45) is 40.2 Å². The number of carbonyl (C=O) groups excluding carboxylic acids is 3. The van der Waals surface area contributed by atoms with E-state index in [1.165, 1.54) is 0 Å². The van der Waals surface area contributed by atoms with Crippen LogP contribution in [0.1, 0.15) is 84.1 Å². The van der Waals surface area contributed by atoms with E-state index in [4.69, 9.17) is 5.73 Å². The Morgan fingerprint density at radius 2 is 1.55 bits per heavy atom. The van der Waals surface area contributed by atoms with E-state index in [0.29, 0.717) is 30.8 Å². The summed E-state index contributed by atoms with van der Waals surface area (Å²) in [5, 5.41) is 53.1. The van der Waals surface area contributed by atoms with Gasteiger partial charge in [0.05, 0.1) is 5.56 Å². The summed E-state index contributed by atoms with van der Waals surface area (Å²) in [5.41, 5.74) is 4.14. The number of rotatable bonds is 8. The minimum absolute atomic E-state index is 0.00668. The van der Waals surface area contributed by atoms with Crippen LogP contribution in [0.2, 0.25) is 0 Å². The highest BCUT2D eigenvalue weighted by Gasteiger charge is 2.64. The lowest BCUT2D eigenvalue weighted by Gasteiger charge is -2.50. The fourth-order valence-corrected chi connectivity index (χ4v) is 7.13. The van der Waals surface area contributed by atoms with Crippen LogP contribution in [-0.4, -0.2) is 56.6 Å². The van der Waals surface area contributed by atoms with Crippen LogP contribution in [0.5, 0.6) is 5.75 Å². The van der Waals surface area contributed by atoms with Crippen molar-refractivity contribution in [2.45, 2.75) is 86.9 Å². The van der Waals surface area contributed by atoms with Crippen molar-refractivity contribution < 1.29 is 34.8 Å². The zero-order valence-corrected chi connectivity index (χ0v) is 27.2. The number of aliphatic hydroxyl groups is 3. The van der Waals surface area contributed by atoms with Crippen molar-refractivity contribution in [1.82, 2.24) is 10.6 Å². The maximum Gasteiger partial charge on any atom is 0.255 e. The highest BCUT2D eigenvalue weighted by Crippen LogP contribution is 2.55. The van der Waals surface area contributed by atoms with Gasteiger partial charge in [-0.2, -0.15) is 0 Å². The molecule has 1 aromatic rings. The molecule has 10 nitrogen and oxygen atoms in total. The predicted octanol–water partition coefficient (Wildman–Crippen LogP) is 3.58. The standard InChI is InChI=1S/C34H49N3O7/c1-16(2)22-21-11-17-10-20-18(12-36-14-32(3,4)5)9-19(13-37-15-33(6,7)8)26(38)24(20)28(40)23(17)29(41)34(21,44)30(42)25(27(22)39)31(35)43/h9,16-17,21-22,36-38,40,42,44H,10-15H2,1-8H3,(H2,35,43)/t17-,21-,22-,34-/m0/s1. The number of phenolic OH excluding ortho intramolecular Hbond substituents is 1. The van der Waals surface area contributed by atoms with Gasteiger partial charge in [-0.15, -0.1) is 0 Å². The molecule has 0 saturated heterocycles. The first-order chi connectivity index (χ1) is 20.2. The van der Waals surface area contributed by atoms with Gasteiger partial charge in [0, 0.05) is 49.2 Å². The summed E-state index contributed by atoms with van der Waals surface area (Å²) in [6.07, 6.45) is 0.366. The molecule has 1 fully saturated rings. The number of amides is 1. The van der Waals surface area contributed by atoms with Gasteiger partial charge >= 0.3 is 0 Å². The normalized spacial score (nSPS) is 25.7. The van der Waals surface area contributed by atoms with Gasteiger partial charge < -0.3 is 36.8 Å². The van der Waals surface area contributed by atoms with Crippen molar-refractivity contribution in [1.29, 1.82) is 0 Å². The molecule has 0 spiro atoms. The molecule has 0 aliphatic heterocycles. The molecule has 3 aliphatic carbocycles. The Morgan fingerprint density at radius 1 is 1.00 bits per heavy atom. The van der Waals surface area contributed by atoms with E-state index in [1.807, 2.05) is 6.07 Å². The molecule has 1 amide bonds. The molecular weight excluding hydrogens is 562 g/mol. The minimum Gasteiger partial charge on any atom is -0.508 e. The van der Waals surface area contributed by atoms with Gasteiger partial charge in [0.15, 0.2) is 11.4 Å². The molecule has 3 aliphatic rings. The topological polar surface area (TPSA) is 182 Å². The zero-order valence-electron chi connectivity index (χ0n) is 27.2. The Balaban J connectivity index is 1.88. The van der Waals surface area contributed by atoms with E-state index < -0.39 is 57.9 Å². The summed E-state index contributed by atoms with van der Waals surface area (Å²) in [6, 6.07) is 1.92. The molecule has 10 heteroatoms. The van der Waals surface area contributed by atoms with Crippen LogP contribution in [-0.2, 0) is 33.9 Å². The number of carbonyl (C=O) groups is 3. The number of phenols is 1.